The van der Waals surface area contributed by atoms with Gasteiger partial charge in [0.2, 0.25) is 5.88 Å². The molecule has 0 fully saturated rings. The molecule has 0 saturated heterocycles. The maximum Gasteiger partial charge on any atom is 0.273 e. The molecule has 0 bridgehead atoms. The molecular formula is C22H21N3O5. The summed E-state index contributed by atoms with van der Waals surface area (Å²) < 4.78 is 11.2. The lowest BCUT2D eigenvalue weighted by Gasteiger charge is -2.10. The first kappa shape index (κ1) is 20.8. The van der Waals surface area contributed by atoms with E-state index in [4.69, 9.17) is 9.47 Å². The molecule has 0 aliphatic rings. The first-order valence-electron chi connectivity index (χ1n) is 9.35. The quantitative estimate of drug-likeness (QED) is 0.438. The molecule has 8 nitrogen and oxygen atoms in total. The third kappa shape index (κ3) is 5.11. The van der Waals surface area contributed by atoms with Gasteiger partial charge in [0.05, 0.1) is 11.5 Å². The van der Waals surface area contributed by atoms with Crippen LogP contribution in [0.5, 0.6) is 17.4 Å². The van der Waals surface area contributed by atoms with Crippen LogP contribution < -0.4 is 14.8 Å². The van der Waals surface area contributed by atoms with E-state index in [-0.39, 0.29) is 23.7 Å². The van der Waals surface area contributed by atoms with Crippen LogP contribution in [0.2, 0.25) is 0 Å². The Morgan fingerprint density at radius 3 is 2.57 bits per heavy atom. The van der Waals surface area contributed by atoms with Gasteiger partial charge in [-0.2, -0.15) is 0 Å². The van der Waals surface area contributed by atoms with Crippen LogP contribution in [0.1, 0.15) is 28.4 Å². The van der Waals surface area contributed by atoms with E-state index < -0.39 is 4.92 Å². The van der Waals surface area contributed by atoms with Crippen molar-refractivity contribution in [3.05, 3.63) is 87.6 Å². The Morgan fingerprint density at radius 2 is 1.87 bits per heavy atom. The first-order valence-corrected chi connectivity index (χ1v) is 9.35. The van der Waals surface area contributed by atoms with Gasteiger partial charge in [-0.15, -0.1) is 0 Å². The Kier molecular flexibility index (Phi) is 6.59. The normalized spacial score (nSPS) is 10.3. The van der Waals surface area contributed by atoms with Crippen LogP contribution in [0, 0.1) is 17.0 Å². The minimum absolute atomic E-state index is 0.0856. The van der Waals surface area contributed by atoms with Gasteiger partial charge in [0.25, 0.3) is 11.6 Å². The maximum absolute atomic E-state index is 12.5. The van der Waals surface area contributed by atoms with Crippen molar-refractivity contribution in [3.63, 3.8) is 0 Å². The van der Waals surface area contributed by atoms with Crippen molar-refractivity contribution in [2.75, 3.05) is 6.61 Å². The summed E-state index contributed by atoms with van der Waals surface area (Å²) in [4.78, 5) is 27.2. The van der Waals surface area contributed by atoms with E-state index in [0.717, 1.165) is 11.3 Å². The molecule has 2 aromatic carbocycles. The Balaban J connectivity index is 1.65. The Hall–Kier alpha value is -3.94. The number of ether oxygens (including phenoxy) is 2. The van der Waals surface area contributed by atoms with Gasteiger partial charge >= 0.3 is 0 Å². The summed E-state index contributed by atoms with van der Waals surface area (Å²) in [6, 6.07) is 15.1. The Bertz CT molecular complexity index is 1050. The molecular weight excluding hydrogens is 386 g/mol. The SMILES string of the molecule is CCOc1ccc(Oc2cc(CNC(=O)c3cccc([N+](=O)[O-])c3C)ccn2)cc1. The molecule has 0 radical (unpaired) electrons. The minimum Gasteiger partial charge on any atom is -0.494 e. The first-order chi connectivity index (χ1) is 14.5. The van der Waals surface area contributed by atoms with Crippen molar-refractivity contribution in [2.45, 2.75) is 20.4 Å². The predicted octanol–water partition coefficient (Wildman–Crippen LogP) is 4.42. The number of benzene rings is 2. The smallest absolute Gasteiger partial charge is 0.273 e. The molecule has 3 rings (SSSR count). The summed E-state index contributed by atoms with van der Waals surface area (Å²) in [5.41, 5.74) is 1.29. The van der Waals surface area contributed by atoms with E-state index in [2.05, 4.69) is 10.3 Å². The highest BCUT2D eigenvalue weighted by molar-refractivity contribution is 5.96. The molecule has 0 aliphatic heterocycles. The lowest BCUT2D eigenvalue weighted by Crippen LogP contribution is -2.23. The molecule has 8 heteroatoms. The van der Waals surface area contributed by atoms with Gasteiger partial charge in [0.15, 0.2) is 0 Å². The number of nitro benzene ring substituents is 1. The highest BCUT2D eigenvalue weighted by atomic mass is 16.6. The van der Waals surface area contributed by atoms with E-state index in [9.17, 15) is 14.9 Å². The monoisotopic (exact) mass is 407 g/mol. The third-order valence-corrected chi connectivity index (χ3v) is 4.36. The Morgan fingerprint density at radius 1 is 1.13 bits per heavy atom. The number of amides is 1. The number of rotatable bonds is 8. The number of pyridine rings is 1. The topological polar surface area (TPSA) is 104 Å². The summed E-state index contributed by atoms with van der Waals surface area (Å²) in [5, 5.41) is 13.8. The van der Waals surface area contributed by atoms with Crippen LogP contribution in [0.15, 0.2) is 60.8 Å². The van der Waals surface area contributed by atoms with Crippen molar-refractivity contribution in [2.24, 2.45) is 0 Å². The van der Waals surface area contributed by atoms with Gasteiger partial charge in [0.1, 0.15) is 11.5 Å². The molecule has 154 valence electrons. The number of hydrogen-bond acceptors (Lipinski definition) is 6. The zero-order valence-electron chi connectivity index (χ0n) is 16.6. The molecule has 0 atom stereocenters. The summed E-state index contributed by atoms with van der Waals surface area (Å²) in [5.74, 6) is 1.37. The van der Waals surface area contributed by atoms with Crippen molar-refractivity contribution in [1.82, 2.24) is 10.3 Å². The second-order valence-electron chi connectivity index (χ2n) is 6.40. The van der Waals surface area contributed by atoms with Gasteiger partial charge in [-0.05, 0) is 55.8 Å². The van der Waals surface area contributed by atoms with E-state index >= 15 is 0 Å². The van der Waals surface area contributed by atoms with E-state index in [1.165, 1.54) is 12.1 Å². The Labute approximate surface area is 173 Å². The van der Waals surface area contributed by atoms with Gasteiger partial charge in [-0.1, -0.05) is 6.07 Å². The fourth-order valence-corrected chi connectivity index (χ4v) is 2.85. The fourth-order valence-electron chi connectivity index (χ4n) is 2.85. The second kappa shape index (κ2) is 9.51. The summed E-state index contributed by atoms with van der Waals surface area (Å²) in [6.07, 6.45) is 1.59. The van der Waals surface area contributed by atoms with Crippen LogP contribution in [-0.4, -0.2) is 22.4 Å². The maximum atomic E-state index is 12.5. The zero-order chi connectivity index (χ0) is 21.5. The highest BCUT2D eigenvalue weighted by Crippen LogP contribution is 2.23. The average Bonchev–Trinajstić information content (AvgIpc) is 2.74. The summed E-state index contributed by atoms with van der Waals surface area (Å²) in [6.45, 7) is 4.29. The fraction of sp³-hybridized carbons (Fsp3) is 0.182. The molecule has 1 aromatic heterocycles. The van der Waals surface area contributed by atoms with Crippen LogP contribution in [-0.2, 0) is 6.54 Å². The van der Waals surface area contributed by atoms with Crippen molar-refractivity contribution in [3.8, 4) is 17.4 Å². The van der Waals surface area contributed by atoms with Crippen molar-refractivity contribution >= 4 is 11.6 Å². The summed E-state index contributed by atoms with van der Waals surface area (Å²) in [7, 11) is 0. The van der Waals surface area contributed by atoms with Gasteiger partial charge in [-0.25, -0.2) is 4.98 Å². The number of nitro groups is 1. The number of nitrogens with one attached hydrogen (secondary N) is 1. The molecule has 1 N–H and O–H groups in total. The lowest BCUT2D eigenvalue weighted by molar-refractivity contribution is -0.385. The zero-order valence-corrected chi connectivity index (χ0v) is 16.6. The predicted molar refractivity (Wildman–Crippen MR) is 111 cm³/mol. The molecule has 30 heavy (non-hydrogen) atoms. The van der Waals surface area contributed by atoms with Gasteiger partial charge < -0.3 is 14.8 Å². The van der Waals surface area contributed by atoms with Crippen LogP contribution in [0.25, 0.3) is 0 Å². The number of aromatic nitrogens is 1. The van der Waals surface area contributed by atoms with E-state index in [1.807, 2.05) is 19.1 Å². The van der Waals surface area contributed by atoms with E-state index in [0.29, 0.717) is 23.8 Å². The number of nitrogens with zero attached hydrogens (tertiary/aromatic N) is 2. The summed E-state index contributed by atoms with van der Waals surface area (Å²) >= 11 is 0. The molecule has 1 heterocycles. The van der Waals surface area contributed by atoms with Crippen LogP contribution >= 0.6 is 0 Å². The van der Waals surface area contributed by atoms with Gasteiger partial charge in [-0.3, -0.25) is 14.9 Å². The standard InChI is InChI=1S/C22H21N3O5/c1-3-29-17-7-9-18(10-8-17)30-21-13-16(11-12-23-21)14-24-22(26)19-5-4-6-20(15(19)2)25(27)28/h4-13H,3,14H2,1-2H3,(H,24,26). The van der Waals surface area contributed by atoms with Crippen molar-refractivity contribution < 1.29 is 19.2 Å². The second-order valence-corrected chi connectivity index (χ2v) is 6.40. The highest BCUT2D eigenvalue weighted by Gasteiger charge is 2.17. The van der Waals surface area contributed by atoms with E-state index in [1.54, 1.807) is 43.5 Å². The number of carbonyl (C=O) groups is 1. The number of carbonyl (C=O) groups excluding carboxylic acids is 1. The third-order valence-electron chi connectivity index (χ3n) is 4.36. The van der Waals surface area contributed by atoms with Crippen molar-refractivity contribution in [1.29, 1.82) is 0 Å². The van der Waals surface area contributed by atoms with Crippen LogP contribution in [0.3, 0.4) is 0 Å². The van der Waals surface area contributed by atoms with Crippen LogP contribution in [0.4, 0.5) is 5.69 Å². The van der Waals surface area contributed by atoms with Gasteiger partial charge in [0, 0.05) is 36.0 Å². The lowest BCUT2D eigenvalue weighted by atomic mass is 10.1. The molecule has 0 aliphatic carbocycles. The molecule has 3 aromatic rings. The largest absolute Gasteiger partial charge is 0.494 e. The number of hydrogen-bond donors (Lipinski definition) is 1. The minimum atomic E-state index is -0.500. The molecule has 0 unspecified atom stereocenters. The molecule has 0 saturated carbocycles. The molecule has 1 amide bonds. The average molecular weight is 407 g/mol. The molecule has 0 spiro atoms.